The second-order valence-electron chi connectivity index (χ2n) is 5.29. The molecule has 0 aromatic carbocycles. The number of fused-ring (bicyclic) bond motifs is 1. The van der Waals surface area contributed by atoms with Gasteiger partial charge >= 0.3 is 0 Å². The van der Waals surface area contributed by atoms with Gasteiger partial charge in [-0.3, -0.25) is 4.90 Å². The fraction of sp³-hybridized carbons (Fsp3) is 0.533. The summed E-state index contributed by atoms with van der Waals surface area (Å²) in [7, 11) is 0. The zero-order valence-electron chi connectivity index (χ0n) is 12.0. The second kappa shape index (κ2) is 6.24. The second-order valence-corrected chi connectivity index (χ2v) is 5.29. The van der Waals surface area contributed by atoms with Gasteiger partial charge in [-0.1, -0.05) is 6.92 Å². The van der Waals surface area contributed by atoms with Crippen molar-refractivity contribution in [2.24, 2.45) is 0 Å². The lowest BCUT2D eigenvalue weighted by molar-refractivity contribution is 0.192. The molecule has 108 valence electrons. The summed E-state index contributed by atoms with van der Waals surface area (Å²) >= 11 is 0. The van der Waals surface area contributed by atoms with Crippen LogP contribution >= 0.6 is 0 Å². The molecule has 0 amide bonds. The van der Waals surface area contributed by atoms with E-state index in [1.807, 2.05) is 6.20 Å². The van der Waals surface area contributed by atoms with Gasteiger partial charge in [0.2, 0.25) is 0 Å². The van der Waals surface area contributed by atoms with Crippen LogP contribution in [0.2, 0.25) is 0 Å². The first kappa shape index (κ1) is 13.4. The number of hydrogen-bond donors (Lipinski definition) is 1. The van der Waals surface area contributed by atoms with Crippen molar-refractivity contribution in [1.82, 2.24) is 19.8 Å². The van der Waals surface area contributed by atoms with Crippen LogP contribution in [-0.4, -0.2) is 27.5 Å². The molecular formula is C15H22N4O. The SMILES string of the molecule is CCCNCc1ccc(CN2CCn3ccnc3C2)o1. The third-order valence-electron chi connectivity index (χ3n) is 3.65. The van der Waals surface area contributed by atoms with Gasteiger partial charge in [0, 0.05) is 25.5 Å². The van der Waals surface area contributed by atoms with Gasteiger partial charge in [0.05, 0.1) is 19.6 Å². The molecule has 0 bridgehead atoms. The number of furan rings is 1. The Morgan fingerprint density at radius 1 is 1.30 bits per heavy atom. The Balaban J connectivity index is 1.54. The van der Waals surface area contributed by atoms with Crippen LogP contribution in [0.25, 0.3) is 0 Å². The van der Waals surface area contributed by atoms with Crippen LogP contribution in [0.4, 0.5) is 0 Å². The monoisotopic (exact) mass is 274 g/mol. The Morgan fingerprint density at radius 3 is 3.10 bits per heavy atom. The van der Waals surface area contributed by atoms with Crippen molar-refractivity contribution in [3.05, 3.63) is 41.9 Å². The molecule has 0 unspecified atom stereocenters. The lowest BCUT2D eigenvalue weighted by atomic mass is 10.3. The predicted octanol–water partition coefficient (Wildman–Crippen LogP) is 1.99. The van der Waals surface area contributed by atoms with E-state index in [1.54, 1.807) is 0 Å². The minimum atomic E-state index is 0.818. The van der Waals surface area contributed by atoms with Gasteiger partial charge in [0.15, 0.2) is 0 Å². The molecule has 0 atom stereocenters. The van der Waals surface area contributed by atoms with Gasteiger partial charge in [-0.15, -0.1) is 0 Å². The summed E-state index contributed by atoms with van der Waals surface area (Å²) in [6.45, 7) is 7.84. The summed E-state index contributed by atoms with van der Waals surface area (Å²) in [5, 5.41) is 3.36. The minimum Gasteiger partial charge on any atom is -0.463 e. The third kappa shape index (κ3) is 3.11. The van der Waals surface area contributed by atoms with Gasteiger partial charge in [-0.2, -0.15) is 0 Å². The highest BCUT2D eigenvalue weighted by molar-refractivity contribution is 5.07. The summed E-state index contributed by atoms with van der Waals surface area (Å²) in [6.07, 6.45) is 5.08. The summed E-state index contributed by atoms with van der Waals surface area (Å²) in [4.78, 5) is 6.76. The highest BCUT2D eigenvalue weighted by Crippen LogP contribution is 2.15. The van der Waals surface area contributed by atoms with E-state index in [0.717, 1.165) is 63.0 Å². The van der Waals surface area contributed by atoms with Crippen LogP contribution in [0.15, 0.2) is 28.9 Å². The van der Waals surface area contributed by atoms with Crippen molar-refractivity contribution in [1.29, 1.82) is 0 Å². The molecule has 0 saturated carbocycles. The molecule has 3 heterocycles. The van der Waals surface area contributed by atoms with E-state index in [1.165, 1.54) is 0 Å². The Bertz CT molecular complexity index is 546. The van der Waals surface area contributed by atoms with Crippen molar-refractivity contribution < 1.29 is 4.42 Å². The topological polar surface area (TPSA) is 46.2 Å². The molecule has 5 heteroatoms. The Hall–Kier alpha value is -1.59. The predicted molar refractivity (Wildman–Crippen MR) is 77.0 cm³/mol. The van der Waals surface area contributed by atoms with Crippen molar-refractivity contribution >= 4 is 0 Å². The zero-order valence-corrected chi connectivity index (χ0v) is 12.0. The molecule has 1 N–H and O–H groups in total. The fourth-order valence-corrected chi connectivity index (χ4v) is 2.57. The zero-order chi connectivity index (χ0) is 13.8. The Morgan fingerprint density at radius 2 is 2.20 bits per heavy atom. The lowest BCUT2D eigenvalue weighted by Crippen LogP contribution is -2.33. The minimum absolute atomic E-state index is 0.818. The number of hydrogen-bond acceptors (Lipinski definition) is 4. The first-order chi connectivity index (χ1) is 9.85. The quantitative estimate of drug-likeness (QED) is 0.818. The molecule has 0 aliphatic carbocycles. The van der Waals surface area contributed by atoms with E-state index in [4.69, 9.17) is 4.42 Å². The molecule has 0 radical (unpaired) electrons. The molecule has 0 fully saturated rings. The molecule has 3 rings (SSSR count). The number of rotatable bonds is 6. The summed E-state index contributed by atoms with van der Waals surface area (Å²) in [5.74, 6) is 3.21. The summed E-state index contributed by atoms with van der Waals surface area (Å²) < 4.78 is 8.09. The Labute approximate surface area is 119 Å². The van der Waals surface area contributed by atoms with Gasteiger partial charge in [-0.25, -0.2) is 4.98 Å². The average molecular weight is 274 g/mol. The van der Waals surface area contributed by atoms with Crippen LogP contribution in [0.5, 0.6) is 0 Å². The molecule has 5 nitrogen and oxygen atoms in total. The van der Waals surface area contributed by atoms with Crippen molar-refractivity contribution in [2.75, 3.05) is 13.1 Å². The largest absolute Gasteiger partial charge is 0.463 e. The molecule has 0 spiro atoms. The molecule has 1 aliphatic rings. The van der Waals surface area contributed by atoms with Gasteiger partial charge in [0.25, 0.3) is 0 Å². The standard InChI is InChI=1S/C15H22N4O/c1-2-5-16-10-13-3-4-14(20-13)11-18-8-9-19-7-6-17-15(19)12-18/h3-4,6-7,16H,2,5,8-12H2,1H3. The molecule has 20 heavy (non-hydrogen) atoms. The van der Waals surface area contributed by atoms with E-state index >= 15 is 0 Å². The maximum absolute atomic E-state index is 5.87. The van der Waals surface area contributed by atoms with Crippen LogP contribution in [0.3, 0.4) is 0 Å². The summed E-state index contributed by atoms with van der Waals surface area (Å²) in [6, 6.07) is 4.16. The maximum atomic E-state index is 5.87. The Kier molecular flexibility index (Phi) is 4.18. The van der Waals surface area contributed by atoms with Crippen LogP contribution < -0.4 is 5.32 Å². The van der Waals surface area contributed by atoms with Gasteiger partial charge < -0.3 is 14.3 Å². The fourth-order valence-electron chi connectivity index (χ4n) is 2.57. The molecule has 2 aromatic heterocycles. The number of imidazole rings is 1. The highest BCUT2D eigenvalue weighted by atomic mass is 16.3. The lowest BCUT2D eigenvalue weighted by Gasteiger charge is -2.26. The van der Waals surface area contributed by atoms with Gasteiger partial charge in [0.1, 0.15) is 17.3 Å². The first-order valence-electron chi connectivity index (χ1n) is 7.36. The maximum Gasteiger partial charge on any atom is 0.122 e. The number of nitrogens with zero attached hydrogens (tertiary/aromatic N) is 3. The number of aromatic nitrogens is 2. The highest BCUT2D eigenvalue weighted by Gasteiger charge is 2.17. The van der Waals surface area contributed by atoms with E-state index in [0.29, 0.717) is 0 Å². The molecule has 2 aromatic rings. The molecular weight excluding hydrogens is 252 g/mol. The van der Waals surface area contributed by atoms with Crippen molar-refractivity contribution in [3.8, 4) is 0 Å². The van der Waals surface area contributed by atoms with Crippen LogP contribution in [0, 0.1) is 0 Å². The molecule has 1 aliphatic heterocycles. The number of nitrogens with one attached hydrogen (secondary N) is 1. The molecule has 0 saturated heterocycles. The van der Waals surface area contributed by atoms with Gasteiger partial charge in [-0.05, 0) is 25.1 Å². The third-order valence-corrected chi connectivity index (χ3v) is 3.65. The normalized spacial score (nSPS) is 15.4. The van der Waals surface area contributed by atoms with Crippen LogP contribution in [-0.2, 0) is 26.2 Å². The van der Waals surface area contributed by atoms with Crippen molar-refractivity contribution in [2.45, 2.75) is 39.5 Å². The van der Waals surface area contributed by atoms with E-state index in [2.05, 4.69) is 45.0 Å². The van der Waals surface area contributed by atoms with E-state index in [-0.39, 0.29) is 0 Å². The first-order valence-corrected chi connectivity index (χ1v) is 7.36. The average Bonchev–Trinajstić information content (AvgIpc) is 3.08. The summed E-state index contributed by atoms with van der Waals surface area (Å²) in [5.41, 5.74) is 0. The van der Waals surface area contributed by atoms with E-state index < -0.39 is 0 Å². The van der Waals surface area contributed by atoms with Crippen molar-refractivity contribution in [3.63, 3.8) is 0 Å². The van der Waals surface area contributed by atoms with E-state index in [9.17, 15) is 0 Å². The van der Waals surface area contributed by atoms with Crippen LogP contribution in [0.1, 0.15) is 30.7 Å². The smallest absolute Gasteiger partial charge is 0.122 e.